The minimum Gasteiger partial charge on any atom is -0.299 e. The number of benzene rings is 1. The average Bonchev–Trinajstić information content (AvgIpc) is 3.40. The van der Waals surface area contributed by atoms with Crippen LogP contribution in [0.4, 0.5) is 0 Å². The fourth-order valence-corrected chi connectivity index (χ4v) is 6.19. The summed E-state index contributed by atoms with van der Waals surface area (Å²) in [6, 6.07) is 9.13. The maximum absolute atomic E-state index is 12.7. The zero-order valence-corrected chi connectivity index (χ0v) is 21.5. The topological polar surface area (TPSA) is 71.5 Å². The Morgan fingerprint density at radius 1 is 1.09 bits per heavy atom. The van der Waals surface area contributed by atoms with Gasteiger partial charge in [-0.3, -0.25) is 4.79 Å². The Balaban J connectivity index is 1.96. The van der Waals surface area contributed by atoms with E-state index in [-0.39, 0.29) is 16.7 Å². The summed E-state index contributed by atoms with van der Waals surface area (Å²) < 4.78 is 0. The second kappa shape index (κ2) is 9.26. The first kappa shape index (κ1) is 24.3. The van der Waals surface area contributed by atoms with Crippen LogP contribution >= 0.6 is 11.3 Å². The molecule has 0 bridgehead atoms. The molecule has 0 spiro atoms. The molecule has 1 N–H and O–H groups in total. The van der Waals surface area contributed by atoms with Crippen molar-refractivity contribution in [2.45, 2.75) is 80.1 Å². The Morgan fingerprint density at radius 2 is 1.78 bits per heavy atom. The number of Topliss-reactive ketones (excluding diaryl/α,β-unsaturated/α-hetero) is 1. The summed E-state index contributed by atoms with van der Waals surface area (Å²) in [5, 5.41) is 14.7. The molecule has 0 aliphatic carbocycles. The maximum atomic E-state index is 12.7. The molecule has 0 aliphatic rings. The fourth-order valence-electron chi connectivity index (χ4n) is 4.73. The maximum Gasteiger partial charge on any atom is 0.214 e. The van der Waals surface area contributed by atoms with Crippen molar-refractivity contribution >= 4 is 17.1 Å². The van der Waals surface area contributed by atoms with Gasteiger partial charge in [0.1, 0.15) is 5.78 Å². The summed E-state index contributed by atoms with van der Waals surface area (Å²) in [7, 11) is 0. The van der Waals surface area contributed by atoms with Crippen molar-refractivity contribution in [1.82, 2.24) is 20.6 Å². The molecule has 2 aromatic heterocycles. The van der Waals surface area contributed by atoms with Gasteiger partial charge in [0.2, 0.25) is 5.82 Å². The van der Waals surface area contributed by atoms with Crippen LogP contribution in [0.2, 0.25) is 0 Å². The molecule has 3 aromatic rings. The van der Waals surface area contributed by atoms with Gasteiger partial charge in [0.25, 0.3) is 0 Å². The first-order valence-corrected chi connectivity index (χ1v) is 12.3. The van der Waals surface area contributed by atoms with Crippen molar-refractivity contribution in [2.24, 2.45) is 11.3 Å². The molecule has 172 valence electrons. The highest BCUT2D eigenvalue weighted by atomic mass is 32.1. The highest BCUT2D eigenvalue weighted by Crippen LogP contribution is 2.45. The Hall–Kier alpha value is -2.34. The van der Waals surface area contributed by atoms with Gasteiger partial charge < -0.3 is 0 Å². The monoisotopic (exact) mass is 452 g/mol. The van der Waals surface area contributed by atoms with Crippen LogP contribution in [0, 0.1) is 25.2 Å². The van der Waals surface area contributed by atoms with E-state index in [0.29, 0.717) is 11.6 Å². The quantitative estimate of drug-likeness (QED) is 0.426. The van der Waals surface area contributed by atoms with Gasteiger partial charge in [-0.15, -0.1) is 21.5 Å². The Bertz CT molecular complexity index is 1070. The van der Waals surface area contributed by atoms with Gasteiger partial charge in [0.05, 0.1) is 4.88 Å². The molecule has 1 atom stereocenters. The third-order valence-corrected chi connectivity index (χ3v) is 8.19. The normalized spacial score (nSPS) is 13.4. The summed E-state index contributed by atoms with van der Waals surface area (Å²) in [6.45, 7) is 16.9. The third kappa shape index (κ3) is 4.56. The number of H-pyrrole nitrogens is 1. The molecule has 6 heteroatoms. The summed E-state index contributed by atoms with van der Waals surface area (Å²) in [5.74, 6) is 0.989. The number of nitrogens with one attached hydrogen (secondary N) is 1. The molecule has 0 amide bonds. The predicted molar refractivity (Wildman–Crippen MR) is 132 cm³/mol. The van der Waals surface area contributed by atoms with Crippen LogP contribution < -0.4 is 0 Å². The van der Waals surface area contributed by atoms with Crippen molar-refractivity contribution < 1.29 is 4.79 Å². The first-order chi connectivity index (χ1) is 15.0. The first-order valence-electron chi connectivity index (χ1n) is 11.5. The van der Waals surface area contributed by atoms with Crippen molar-refractivity contribution in [3.8, 4) is 10.7 Å². The van der Waals surface area contributed by atoms with Crippen molar-refractivity contribution in [3.05, 3.63) is 51.4 Å². The molecule has 5 nitrogen and oxygen atoms in total. The lowest BCUT2D eigenvalue weighted by Crippen LogP contribution is -2.28. The molecule has 0 aliphatic heterocycles. The summed E-state index contributed by atoms with van der Waals surface area (Å²) in [6.07, 6.45) is 2.80. The molecule has 1 unspecified atom stereocenters. The number of nitrogens with zero attached hydrogens (tertiary/aromatic N) is 3. The lowest BCUT2D eigenvalue weighted by molar-refractivity contribution is -0.129. The molecular formula is C26H36N4OS. The summed E-state index contributed by atoms with van der Waals surface area (Å²) in [4.78, 5) is 15.1. The third-order valence-electron chi connectivity index (χ3n) is 6.75. The minimum atomic E-state index is -0.305. The number of hydrogen-bond acceptors (Lipinski definition) is 5. The number of aryl methyl sites for hydroxylation is 2. The standard InChI is InChI=1S/C26H36N4OS/c1-9-26(10-2,21-15-17(4)22(32-21)24-27-29-30-28-24)20-12-11-19(16(3)14-20)13-18(5)23(31)25(6,7)8/h11-12,14-15,18H,9-10,13H2,1-8H3,(H,27,28,29,30). The van der Waals surface area contributed by atoms with Gasteiger partial charge in [0, 0.05) is 21.6 Å². The lowest BCUT2D eigenvalue weighted by Gasteiger charge is -2.32. The molecule has 0 fully saturated rings. The van der Waals surface area contributed by atoms with E-state index in [2.05, 4.69) is 79.5 Å². The minimum absolute atomic E-state index is 0.0131. The molecule has 2 heterocycles. The molecular weight excluding hydrogens is 416 g/mol. The number of thiophene rings is 1. The van der Waals surface area contributed by atoms with Crippen LogP contribution in [0.1, 0.15) is 81.5 Å². The number of aromatic nitrogens is 4. The van der Waals surface area contributed by atoms with E-state index in [1.54, 1.807) is 11.3 Å². The second-order valence-electron chi connectivity index (χ2n) is 10.0. The molecule has 3 rings (SSSR count). The van der Waals surface area contributed by atoms with Crippen LogP contribution in [-0.2, 0) is 16.6 Å². The highest BCUT2D eigenvalue weighted by molar-refractivity contribution is 7.15. The lowest BCUT2D eigenvalue weighted by atomic mass is 9.73. The van der Waals surface area contributed by atoms with E-state index < -0.39 is 0 Å². The average molecular weight is 453 g/mol. The Labute approximate surface area is 196 Å². The van der Waals surface area contributed by atoms with E-state index in [0.717, 1.165) is 24.1 Å². The van der Waals surface area contributed by atoms with E-state index in [9.17, 15) is 4.79 Å². The van der Waals surface area contributed by atoms with Crippen LogP contribution in [0.15, 0.2) is 24.3 Å². The number of carbonyl (C=O) groups is 1. The second-order valence-corrected chi connectivity index (χ2v) is 11.1. The molecule has 0 saturated heterocycles. The van der Waals surface area contributed by atoms with Gasteiger partial charge in [-0.2, -0.15) is 5.21 Å². The number of carbonyl (C=O) groups excluding carboxylic acids is 1. The zero-order chi connectivity index (χ0) is 23.7. The highest BCUT2D eigenvalue weighted by Gasteiger charge is 2.34. The number of aromatic amines is 1. The largest absolute Gasteiger partial charge is 0.299 e. The summed E-state index contributed by atoms with van der Waals surface area (Å²) in [5.41, 5.74) is 4.66. The molecule has 32 heavy (non-hydrogen) atoms. The van der Waals surface area contributed by atoms with Gasteiger partial charge in [-0.1, -0.05) is 59.7 Å². The van der Waals surface area contributed by atoms with Crippen molar-refractivity contribution in [2.75, 3.05) is 0 Å². The van der Waals surface area contributed by atoms with E-state index in [1.807, 2.05) is 20.8 Å². The van der Waals surface area contributed by atoms with Crippen LogP contribution in [0.25, 0.3) is 10.7 Å². The fraction of sp³-hybridized carbons (Fsp3) is 0.538. The molecule has 0 radical (unpaired) electrons. The van der Waals surface area contributed by atoms with E-state index in [4.69, 9.17) is 0 Å². The summed E-state index contributed by atoms with van der Waals surface area (Å²) >= 11 is 1.77. The van der Waals surface area contributed by atoms with Crippen molar-refractivity contribution in [3.63, 3.8) is 0 Å². The number of hydrogen-bond donors (Lipinski definition) is 1. The van der Waals surface area contributed by atoms with Gasteiger partial charge in [-0.25, -0.2) is 0 Å². The Kier molecular flexibility index (Phi) is 7.03. The molecule has 0 saturated carbocycles. The number of rotatable bonds is 8. The van der Waals surface area contributed by atoms with E-state index >= 15 is 0 Å². The predicted octanol–water partition coefficient (Wildman–Crippen LogP) is 6.44. The number of ketones is 1. The zero-order valence-electron chi connectivity index (χ0n) is 20.7. The van der Waals surface area contributed by atoms with Gasteiger partial charge in [0.15, 0.2) is 0 Å². The van der Waals surface area contributed by atoms with Gasteiger partial charge in [-0.05, 0) is 66.6 Å². The molecule has 1 aromatic carbocycles. The van der Waals surface area contributed by atoms with E-state index in [1.165, 1.54) is 27.1 Å². The number of tetrazole rings is 1. The van der Waals surface area contributed by atoms with Crippen molar-refractivity contribution in [1.29, 1.82) is 0 Å². The van der Waals surface area contributed by atoms with Crippen LogP contribution in [0.3, 0.4) is 0 Å². The Morgan fingerprint density at radius 3 is 2.31 bits per heavy atom. The van der Waals surface area contributed by atoms with Crippen LogP contribution in [0.5, 0.6) is 0 Å². The van der Waals surface area contributed by atoms with Crippen LogP contribution in [-0.4, -0.2) is 26.4 Å². The smallest absolute Gasteiger partial charge is 0.214 e. The van der Waals surface area contributed by atoms with Gasteiger partial charge >= 0.3 is 0 Å². The SMILES string of the molecule is CCC(CC)(c1ccc(CC(C)C(=O)C(C)(C)C)c(C)c1)c1cc(C)c(-c2nn[nH]n2)s1.